The SMILES string of the molecule is CC.CC.FC(F)(F)c1ccc(N2CCC(CCOSI)CC2)cc1. The van der Waals surface area contributed by atoms with E-state index in [-0.39, 0.29) is 0 Å². The van der Waals surface area contributed by atoms with Crippen molar-refractivity contribution in [3.8, 4) is 0 Å². The predicted octanol–water partition coefficient (Wildman–Crippen LogP) is 7.38. The molecule has 0 radical (unpaired) electrons. The number of hydrogen-bond donors (Lipinski definition) is 0. The van der Waals surface area contributed by atoms with Crippen LogP contribution in [0.4, 0.5) is 18.9 Å². The van der Waals surface area contributed by atoms with Gasteiger partial charge in [-0.05, 0) is 49.4 Å². The zero-order valence-corrected chi connectivity index (χ0v) is 18.4. The van der Waals surface area contributed by atoms with Crippen LogP contribution in [0.1, 0.15) is 52.5 Å². The lowest BCUT2D eigenvalue weighted by atomic mass is 9.93. The number of rotatable bonds is 5. The summed E-state index contributed by atoms with van der Waals surface area (Å²) in [6.45, 7) is 10.6. The molecule has 1 saturated heterocycles. The van der Waals surface area contributed by atoms with Crippen LogP contribution >= 0.6 is 30.4 Å². The Bertz CT molecular complexity index is 435. The molecule has 25 heavy (non-hydrogen) atoms. The van der Waals surface area contributed by atoms with Gasteiger partial charge in [-0.3, -0.25) is 0 Å². The second-order valence-corrected chi connectivity index (χ2v) is 6.59. The second-order valence-electron chi connectivity index (χ2n) is 5.15. The Morgan fingerprint density at radius 3 is 2.04 bits per heavy atom. The minimum Gasteiger partial charge on any atom is -0.372 e. The van der Waals surface area contributed by atoms with Gasteiger partial charge in [0.2, 0.25) is 0 Å². The molecule has 0 N–H and O–H groups in total. The molecule has 0 amide bonds. The molecule has 0 aliphatic carbocycles. The van der Waals surface area contributed by atoms with Crippen molar-refractivity contribution in [1.29, 1.82) is 0 Å². The highest BCUT2D eigenvalue weighted by atomic mass is 127. The topological polar surface area (TPSA) is 12.5 Å². The first-order valence-corrected chi connectivity index (χ1v) is 12.1. The maximum atomic E-state index is 12.5. The molecule has 1 aromatic carbocycles. The Kier molecular flexibility index (Phi) is 13.9. The van der Waals surface area contributed by atoms with E-state index in [0.29, 0.717) is 5.92 Å². The monoisotopic (exact) mass is 491 g/mol. The Balaban J connectivity index is 0.00000134. The van der Waals surface area contributed by atoms with Gasteiger partial charge in [0.15, 0.2) is 0 Å². The molecule has 0 aromatic heterocycles. The van der Waals surface area contributed by atoms with Crippen LogP contribution < -0.4 is 4.90 Å². The number of halogens is 4. The highest BCUT2D eigenvalue weighted by molar-refractivity contribution is 14.2. The summed E-state index contributed by atoms with van der Waals surface area (Å²) in [6.07, 6.45) is -1.08. The van der Waals surface area contributed by atoms with E-state index in [1.165, 1.54) is 9.21 Å². The van der Waals surface area contributed by atoms with Crippen LogP contribution in [-0.4, -0.2) is 19.7 Å². The van der Waals surface area contributed by atoms with E-state index in [2.05, 4.69) is 26.1 Å². The average molecular weight is 491 g/mol. The lowest BCUT2D eigenvalue weighted by Crippen LogP contribution is -2.33. The number of alkyl halides is 3. The van der Waals surface area contributed by atoms with Gasteiger partial charge < -0.3 is 9.08 Å². The van der Waals surface area contributed by atoms with E-state index in [1.807, 2.05) is 27.7 Å². The Morgan fingerprint density at radius 1 is 1.08 bits per heavy atom. The van der Waals surface area contributed by atoms with Crippen LogP contribution in [0.3, 0.4) is 0 Å². The molecule has 0 unspecified atom stereocenters. The van der Waals surface area contributed by atoms with Crippen molar-refractivity contribution in [3.63, 3.8) is 0 Å². The Labute approximate surface area is 166 Å². The van der Waals surface area contributed by atoms with Crippen molar-refractivity contribution in [2.24, 2.45) is 5.92 Å². The molecule has 1 aromatic rings. The van der Waals surface area contributed by atoms with Crippen LogP contribution in [0.2, 0.25) is 0 Å². The fourth-order valence-corrected chi connectivity index (χ4v) is 3.29. The minimum absolute atomic E-state index is 0.588. The van der Waals surface area contributed by atoms with E-state index in [0.717, 1.165) is 56.8 Å². The molecule has 0 bridgehead atoms. The van der Waals surface area contributed by atoms with Gasteiger partial charge in [0.1, 0.15) is 0 Å². The summed E-state index contributed by atoms with van der Waals surface area (Å²) in [7, 11) is 1.36. The van der Waals surface area contributed by atoms with Gasteiger partial charge in [0.05, 0.1) is 21.4 Å². The highest BCUT2D eigenvalue weighted by Crippen LogP contribution is 2.32. The van der Waals surface area contributed by atoms with Gasteiger partial charge in [-0.25, -0.2) is 0 Å². The van der Waals surface area contributed by atoms with Crippen LogP contribution in [0, 0.1) is 5.92 Å². The van der Waals surface area contributed by atoms with E-state index in [4.69, 9.17) is 4.18 Å². The molecule has 2 nitrogen and oxygen atoms in total. The Hall–Kier alpha value is -0.150. The first-order valence-electron chi connectivity index (χ1n) is 8.83. The number of nitrogens with zero attached hydrogens (tertiary/aromatic N) is 1. The third kappa shape index (κ3) is 9.38. The first-order chi connectivity index (χ1) is 12.0. The lowest BCUT2D eigenvalue weighted by Gasteiger charge is -2.33. The van der Waals surface area contributed by atoms with Gasteiger partial charge in [-0.15, -0.1) is 0 Å². The third-order valence-corrected chi connectivity index (χ3v) is 4.85. The van der Waals surface area contributed by atoms with E-state index in [9.17, 15) is 13.2 Å². The quantitative estimate of drug-likeness (QED) is 0.242. The van der Waals surface area contributed by atoms with Crippen LogP contribution in [0.5, 0.6) is 0 Å². The largest absolute Gasteiger partial charge is 0.416 e. The highest BCUT2D eigenvalue weighted by Gasteiger charge is 2.30. The maximum Gasteiger partial charge on any atom is 0.416 e. The number of piperidine rings is 1. The molecular formula is C18H29F3INOS. The summed E-state index contributed by atoms with van der Waals surface area (Å²) in [4.78, 5) is 2.16. The van der Waals surface area contributed by atoms with Gasteiger partial charge >= 0.3 is 6.18 Å². The minimum atomic E-state index is -4.26. The molecule has 1 aliphatic heterocycles. The number of anilines is 1. The molecule has 1 heterocycles. The molecule has 146 valence electrons. The molecule has 0 spiro atoms. The lowest BCUT2D eigenvalue weighted by molar-refractivity contribution is -0.137. The van der Waals surface area contributed by atoms with Crippen molar-refractivity contribution in [1.82, 2.24) is 0 Å². The summed E-state index contributed by atoms with van der Waals surface area (Å²) in [5, 5.41) is 0. The van der Waals surface area contributed by atoms with Crippen molar-refractivity contribution in [2.75, 3.05) is 24.6 Å². The van der Waals surface area contributed by atoms with Crippen molar-refractivity contribution in [3.05, 3.63) is 29.8 Å². The molecule has 2 rings (SSSR count). The molecule has 0 saturated carbocycles. The summed E-state index contributed by atoms with van der Waals surface area (Å²) >= 11 is 2.11. The maximum absolute atomic E-state index is 12.5. The van der Waals surface area contributed by atoms with Gasteiger partial charge in [0.25, 0.3) is 0 Å². The van der Waals surface area contributed by atoms with Gasteiger partial charge in [-0.2, -0.15) is 13.2 Å². The zero-order chi connectivity index (χ0) is 19.3. The first kappa shape index (κ1) is 24.8. The molecule has 1 fully saturated rings. The number of benzene rings is 1. The normalized spacial score (nSPS) is 15.0. The summed E-state index contributed by atoms with van der Waals surface area (Å²) in [6, 6.07) is 5.46. The van der Waals surface area contributed by atoms with E-state index >= 15 is 0 Å². The van der Waals surface area contributed by atoms with Crippen molar-refractivity contribution >= 4 is 36.1 Å². The molecule has 7 heteroatoms. The fraction of sp³-hybridized carbons (Fsp3) is 0.667. The molecule has 0 atom stereocenters. The summed E-state index contributed by atoms with van der Waals surface area (Å²) in [5.41, 5.74) is 0.287. The van der Waals surface area contributed by atoms with Gasteiger partial charge in [0, 0.05) is 40.0 Å². The number of hydrogen-bond acceptors (Lipinski definition) is 3. The average Bonchev–Trinajstić information content (AvgIpc) is 2.65. The van der Waals surface area contributed by atoms with Crippen LogP contribution in [0.25, 0.3) is 0 Å². The van der Waals surface area contributed by atoms with E-state index in [1.54, 1.807) is 12.1 Å². The zero-order valence-electron chi connectivity index (χ0n) is 15.4. The summed E-state index contributed by atoms with van der Waals surface area (Å²) in [5.74, 6) is 0.652. The third-order valence-electron chi connectivity index (χ3n) is 3.83. The molecule has 1 aliphatic rings. The second kappa shape index (κ2) is 14.0. The van der Waals surface area contributed by atoms with Crippen molar-refractivity contribution in [2.45, 2.75) is 53.1 Å². The standard InChI is InChI=1S/C14H17F3INOS.2C2H6/c15-14(16,17)12-1-3-13(4-2-12)19-8-5-11(6-9-19)7-10-20-21-18;2*1-2/h1-4,11H,5-10H2;2*1-2H3. The fourth-order valence-electron chi connectivity index (χ4n) is 2.59. The van der Waals surface area contributed by atoms with Crippen molar-refractivity contribution < 1.29 is 17.4 Å². The Morgan fingerprint density at radius 2 is 1.60 bits per heavy atom. The predicted molar refractivity (Wildman–Crippen MR) is 111 cm³/mol. The van der Waals surface area contributed by atoms with E-state index < -0.39 is 11.7 Å². The van der Waals surface area contributed by atoms with Crippen LogP contribution in [-0.2, 0) is 10.4 Å². The molecular weight excluding hydrogens is 462 g/mol. The summed E-state index contributed by atoms with van der Waals surface area (Å²) < 4.78 is 42.9. The van der Waals surface area contributed by atoms with Gasteiger partial charge in [-0.1, -0.05) is 27.7 Å². The smallest absolute Gasteiger partial charge is 0.372 e. The van der Waals surface area contributed by atoms with Crippen LogP contribution in [0.15, 0.2) is 24.3 Å².